The Hall–Kier alpha value is -2.99. The van der Waals surface area contributed by atoms with Crippen molar-refractivity contribution in [2.24, 2.45) is 0 Å². The lowest BCUT2D eigenvalue weighted by molar-refractivity contribution is -0.192. The molecule has 3 N–H and O–H groups in total. The molecule has 2 saturated heterocycles. The number of nitrogens with zero attached hydrogens (tertiary/aromatic N) is 4. The summed E-state index contributed by atoms with van der Waals surface area (Å²) in [5.74, 6) is -0.200. The zero-order chi connectivity index (χ0) is 24.1. The highest BCUT2D eigenvalue weighted by Gasteiger charge is 2.56. The predicted molar refractivity (Wildman–Crippen MR) is 119 cm³/mol. The normalized spacial score (nSPS) is 26.2. The highest BCUT2D eigenvalue weighted by Crippen LogP contribution is 2.45. The van der Waals surface area contributed by atoms with Crippen molar-refractivity contribution in [3.63, 3.8) is 0 Å². The van der Waals surface area contributed by atoms with Crippen molar-refractivity contribution in [3.05, 3.63) is 60.3 Å². The van der Waals surface area contributed by atoms with Gasteiger partial charge in [-0.15, -0.1) is 0 Å². The second-order valence-corrected chi connectivity index (χ2v) is 9.83. The molecule has 2 fully saturated rings. The number of rotatable bonds is 5. The maximum atomic E-state index is 12.6. The van der Waals surface area contributed by atoms with Crippen LogP contribution in [0.1, 0.15) is 30.4 Å². The second-order valence-electron chi connectivity index (χ2n) is 8.36. The lowest BCUT2D eigenvalue weighted by Gasteiger charge is -2.23. The van der Waals surface area contributed by atoms with E-state index in [4.69, 9.17) is 14.2 Å². The topological polar surface area (TPSA) is 158 Å². The molecule has 0 aliphatic carbocycles. The zero-order valence-corrected chi connectivity index (χ0v) is 19.1. The van der Waals surface area contributed by atoms with Gasteiger partial charge in [0.1, 0.15) is 30.5 Å². The molecule has 34 heavy (non-hydrogen) atoms. The third kappa shape index (κ3) is 4.39. The smallest absolute Gasteiger partial charge is 0.343 e. The van der Waals surface area contributed by atoms with Gasteiger partial charge in [-0.3, -0.25) is 9.36 Å². The van der Waals surface area contributed by atoms with E-state index in [0.717, 1.165) is 5.82 Å². The van der Waals surface area contributed by atoms with Gasteiger partial charge in [-0.25, -0.2) is 14.6 Å². The van der Waals surface area contributed by atoms with Gasteiger partial charge in [-0.2, -0.15) is 5.10 Å². The van der Waals surface area contributed by atoms with Crippen molar-refractivity contribution in [2.45, 2.75) is 44.2 Å². The molecule has 0 saturated carbocycles. The molecule has 1 amide bonds. The van der Waals surface area contributed by atoms with Crippen LogP contribution in [0.4, 0.5) is 5.82 Å². The summed E-state index contributed by atoms with van der Waals surface area (Å²) >= 11 is 0. The van der Waals surface area contributed by atoms with E-state index in [1.807, 2.05) is 6.07 Å². The number of carbonyl (C=O) groups excluding carboxylic acids is 1. The zero-order valence-electron chi connectivity index (χ0n) is 18.2. The van der Waals surface area contributed by atoms with Gasteiger partial charge in [-0.1, -0.05) is 18.2 Å². The number of benzene rings is 1. The molecule has 13 heteroatoms. The van der Waals surface area contributed by atoms with Crippen LogP contribution in [0.5, 0.6) is 0 Å². The van der Waals surface area contributed by atoms with Crippen molar-refractivity contribution in [3.8, 4) is 0 Å². The maximum absolute atomic E-state index is 12.6. The van der Waals surface area contributed by atoms with Crippen molar-refractivity contribution >= 4 is 30.4 Å². The molecular weight excluding hydrogens is 465 g/mol. The molecule has 2 aliphatic rings. The Morgan fingerprint density at radius 3 is 2.65 bits per heavy atom. The molecule has 2 aromatic heterocycles. The summed E-state index contributed by atoms with van der Waals surface area (Å²) in [7, 11) is -4.39. The highest BCUT2D eigenvalue weighted by atomic mass is 31.2. The molecule has 1 aromatic carbocycles. The van der Waals surface area contributed by atoms with Crippen molar-refractivity contribution in [1.29, 1.82) is 0 Å². The summed E-state index contributed by atoms with van der Waals surface area (Å²) < 4.78 is 30.8. The fourth-order valence-electron chi connectivity index (χ4n) is 4.07. The summed E-state index contributed by atoms with van der Waals surface area (Å²) in [6.45, 7) is 3.49. The van der Waals surface area contributed by atoms with E-state index in [2.05, 4.69) is 20.4 Å². The van der Waals surface area contributed by atoms with Crippen LogP contribution >= 0.6 is 7.60 Å². The van der Waals surface area contributed by atoms with E-state index in [1.54, 1.807) is 38.1 Å². The number of anilines is 1. The van der Waals surface area contributed by atoms with Gasteiger partial charge in [0.15, 0.2) is 17.7 Å². The molecule has 178 valence electrons. The van der Waals surface area contributed by atoms with E-state index in [-0.39, 0.29) is 11.7 Å². The lowest BCUT2D eigenvalue weighted by Crippen LogP contribution is -2.28. The number of ether oxygens (including phenoxy) is 3. The summed E-state index contributed by atoms with van der Waals surface area (Å²) in [6, 6.07) is 8.72. The summed E-state index contributed by atoms with van der Waals surface area (Å²) in [4.78, 5) is 39.5. The largest absolute Gasteiger partial charge is 0.348 e. The fourth-order valence-corrected chi connectivity index (χ4v) is 4.47. The second kappa shape index (κ2) is 8.35. The van der Waals surface area contributed by atoms with Crippen LogP contribution in [-0.2, 0) is 18.8 Å². The van der Waals surface area contributed by atoms with Crippen LogP contribution in [-0.4, -0.2) is 59.5 Å². The Labute approximate surface area is 193 Å². The molecule has 2 aliphatic heterocycles. The van der Waals surface area contributed by atoms with Gasteiger partial charge < -0.3 is 29.3 Å². The number of nitrogens with one attached hydrogen (secondary N) is 1. The van der Waals surface area contributed by atoms with Gasteiger partial charge in [0, 0.05) is 11.4 Å². The van der Waals surface area contributed by atoms with E-state index < -0.39 is 37.9 Å². The van der Waals surface area contributed by atoms with Crippen LogP contribution in [0, 0.1) is 0 Å². The molecule has 12 nitrogen and oxygen atoms in total. The quantitative estimate of drug-likeness (QED) is 0.456. The molecule has 3 aromatic rings. The first-order valence-electron chi connectivity index (χ1n) is 10.4. The van der Waals surface area contributed by atoms with Gasteiger partial charge in [0.25, 0.3) is 5.91 Å². The van der Waals surface area contributed by atoms with E-state index in [9.17, 15) is 19.1 Å². The summed E-state index contributed by atoms with van der Waals surface area (Å²) in [6.07, 6.45) is 1.24. The monoisotopic (exact) mass is 487 g/mol. The third-order valence-corrected chi connectivity index (χ3v) is 6.00. The Kier molecular flexibility index (Phi) is 5.59. The minimum absolute atomic E-state index is 0.279. The Morgan fingerprint density at radius 1 is 1.18 bits per heavy atom. The summed E-state index contributed by atoms with van der Waals surface area (Å²) in [5.41, 5.74) is 0.858. The first-order valence-corrected chi connectivity index (χ1v) is 12.1. The molecule has 5 rings (SSSR count). The number of carbonyl (C=O) groups is 1. The minimum Gasteiger partial charge on any atom is -0.343 e. The van der Waals surface area contributed by atoms with Crippen LogP contribution in [0.15, 0.2) is 54.7 Å². The standard InChI is InChI=1S/C21H22N5O7P/c1-21(2)32-15-14(8-9-34(28,29)30)31-20(16(15)33-21)26-18-13(10-24-26)17(22-11-23-18)25-19(27)12-6-4-3-5-7-12/h3-11,14-16,20H,1-2H3,(H2,28,29,30)(H,22,23,25,27)/b9-8+/t14-,15-,16-,20-/m1/s1. The lowest BCUT2D eigenvalue weighted by atomic mass is 10.1. The molecule has 0 radical (unpaired) electrons. The van der Waals surface area contributed by atoms with E-state index in [1.165, 1.54) is 23.3 Å². The minimum atomic E-state index is -4.39. The predicted octanol–water partition coefficient (Wildman–Crippen LogP) is 2.19. The Balaban J connectivity index is 1.47. The van der Waals surface area contributed by atoms with Gasteiger partial charge in [0.05, 0.1) is 11.6 Å². The molecular formula is C21H22N5O7P. The molecule has 0 spiro atoms. The van der Waals surface area contributed by atoms with Crippen LogP contribution in [0.2, 0.25) is 0 Å². The number of aromatic nitrogens is 4. The van der Waals surface area contributed by atoms with E-state index in [0.29, 0.717) is 16.6 Å². The van der Waals surface area contributed by atoms with Gasteiger partial charge >= 0.3 is 7.60 Å². The number of fused-ring (bicyclic) bond motifs is 2. The van der Waals surface area contributed by atoms with Crippen LogP contribution < -0.4 is 5.32 Å². The van der Waals surface area contributed by atoms with E-state index >= 15 is 0 Å². The molecule has 4 heterocycles. The van der Waals surface area contributed by atoms with Crippen LogP contribution in [0.3, 0.4) is 0 Å². The molecule has 4 atom stereocenters. The SMILES string of the molecule is CC1(C)O[C@@H]2[C@H](O1)[C@@H](/C=C/P(=O)(O)O)O[C@H]2n1ncc2c(NC(=O)c3ccccc3)ncnc21. The van der Waals surface area contributed by atoms with Crippen LogP contribution in [0.25, 0.3) is 11.0 Å². The summed E-state index contributed by atoms with van der Waals surface area (Å²) in [5, 5.41) is 7.65. The van der Waals surface area contributed by atoms with Gasteiger partial charge in [-0.05, 0) is 32.1 Å². The Bertz CT molecular complexity index is 1310. The molecule has 0 bridgehead atoms. The average Bonchev–Trinajstić information content (AvgIpc) is 3.43. The first kappa shape index (κ1) is 22.8. The number of hydrogen-bond acceptors (Lipinski definition) is 8. The van der Waals surface area contributed by atoms with Crippen molar-refractivity contribution < 1.29 is 33.4 Å². The van der Waals surface area contributed by atoms with Gasteiger partial charge in [0.2, 0.25) is 0 Å². The average molecular weight is 487 g/mol. The fraction of sp³-hybridized carbons (Fsp3) is 0.333. The highest BCUT2D eigenvalue weighted by molar-refractivity contribution is 7.55. The van der Waals surface area contributed by atoms with Crippen molar-refractivity contribution in [2.75, 3.05) is 5.32 Å². The van der Waals surface area contributed by atoms with Crippen molar-refractivity contribution in [1.82, 2.24) is 19.7 Å². The number of hydrogen-bond donors (Lipinski definition) is 3. The Morgan fingerprint density at radius 2 is 1.91 bits per heavy atom. The third-order valence-electron chi connectivity index (χ3n) is 5.44. The number of amides is 1. The maximum Gasteiger partial charge on any atom is 0.348 e. The molecule has 0 unspecified atom stereocenters. The first-order chi connectivity index (χ1) is 16.1.